The van der Waals surface area contributed by atoms with Crippen LogP contribution in [0.15, 0.2) is 42.5 Å². The normalized spacial score (nSPS) is 21.7. The third kappa shape index (κ3) is 4.40. The number of hydrogen-bond donors (Lipinski definition) is 1. The van der Waals surface area contributed by atoms with Crippen LogP contribution in [-0.2, 0) is 13.0 Å². The Morgan fingerprint density at radius 2 is 2.00 bits per heavy atom. The number of methoxy groups -OCH3 is 1. The summed E-state index contributed by atoms with van der Waals surface area (Å²) in [6.45, 7) is 6.81. The fraction of sp³-hybridized carbons (Fsp3) is 0.458. The molecule has 0 radical (unpaired) electrons. The first kappa shape index (κ1) is 19.8. The summed E-state index contributed by atoms with van der Waals surface area (Å²) in [4.78, 5) is 15.4. The van der Waals surface area contributed by atoms with Crippen LogP contribution in [0.1, 0.15) is 48.2 Å². The third-order valence-electron chi connectivity index (χ3n) is 5.92. The predicted molar refractivity (Wildman–Crippen MR) is 114 cm³/mol. The summed E-state index contributed by atoms with van der Waals surface area (Å²) in [5, 5.41) is 3.35. The van der Waals surface area contributed by atoms with Crippen LogP contribution < -0.4 is 14.8 Å². The minimum absolute atomic E-state index is 0.0191. The van der Waals surface area contributed by atoms with Crippen LogP contribution in [-0.4, -0.2) is 42.6 Å². The number of amides is 1. The lowest BCUT2D eigenvalue weighted by molar-refractivity contribution is 0.0901. The summed E-state index contributed by atoms with van der Waals surface area (Å²) >= 11 is 0. The molecule has 2 heterocycles. The maximum atomic E-state index is 12.9. The summed E-state index contributed by atoms with van der Waals surface area (Å²) in [6, 6.07) is 14.2. The molecule has 5 nitrogen and oxygen atoms in total. The Morgan fingerprint density at radius 3 is 2.79 bits per heavy atom. The van der Waals surface area contributed by atoms with E-state index in [2.05, 4.69) is 28.4 Å². The maximum Gasteiger partial charge on any atom is 0.252 e. The quantitative estimate of drug-likeness (QED) is 0.838. The van der Waals surface area contributed by atoms with Crippen molar-refractivity contribution in [3.63, 3.8) is 0 Å². The van der Waals surface area contributed by atoms with Gasteiger partial charge in [-0.15, -0.1) is 0 Å². The number of nitrogens with zero attached hydrogens (tertiary/aromatic N) is 1. The van der Waals surface area contributed by atoms with Crippen LogP contribution in [0.25, 0.3) is 0 Å². The maximum absolute atomic E-state index is 12.9. The molecule has 2 aromatic rings. The van der Waals surface area contributed by atoms with Gasteiger partial charge in [-0.3, -0.25) is 9.69 Å². The Kier molecular flexibility index (Phi) is 5.50. The highest BCUT2D eigenvalue weighted by molar-refractivity contribution is 5.97. The molecular weight excluding hydrogens is 364 g/mol. The number of carbonyl (C=O) groups is 1. The van der Waals surface area contributed by atoms with E-state index in [-0.39, 0.29) is 17.6 Å². The van der Waals surface area contributed by atoms with E-state index in [4.69, 9.17) is 9.47 Å². The Morgan fingerprint density at radius 1 is 1.14 bits per heavy atom. The summed E-state index contributed by atoms with van der Waals surface area (Å²) in [5.74, 6) is 1.66. The number of likely N-dealkylation sites (tertiary alicyclic amines) is 1. The van der Waals surface area contributed by atoms with Gasteiger partial charge in [0.05, 0.1) is 18.8 Å². The van der Waals surface area contributed by atoms with E-state index in [9.17, 15) is 4.79 Å². The summed E-state index contributed by atoms with van der Waals surface area (Å²) < 4.78 is 11.1. The molecule has 1 spiro atoms. The lowest BCUT2D eigenvalue weighted by atomic mass is 9.91. The number of benzene rings is 2. The smallest absolute Gasteiger partial charge is 0.252 e. The van der Waals surface area contributed by atoms with Gasteiger partial charge in [0, 0.05) is 25.2 Å². The number of rotatable bonds is 5. The second-order valence-electron chi connectivity index (χ2n) is 8.53. The van der Waals surface area contributed by atoms with Gasteiger partial charge >= 0.3 is 0 Å². The molecule has 1 unspecified atom stereocenters. The van der Waals surface area contributed by atoms with Crippen molar-refractivity contribution >= 4 is 5.91 Å². The van der Waals surface area contributed by atoms with E-state index in [1.807, 2.05) is 38.1 Å². The van der Waals surface area contributed by atoms with Gasteiger partial charge in [-0.25, -0.2) is 0 Å². The van der Waals surface area contributed by atoms with Gasteiger partial charge in [0.25, 0.3) is 5.91 Å². The zero-order valence-electron chi connectivity index (χ0n) is 17.5. The van der Waals surface area contributed by atoms with Crippen LogP contribution >= 0.6 is 0 Å². The van der Waals surface area contributed by atoms with Crippen molar-refractivity contribution in [2.75, 3.05) is 20.2 Å². The molecule has 0 aliphatic carbocycles. The van der Waals surface area contributed by atoms with E-state index in [1.165, 1.54) is 5.56 Å². The molecule has 4 rings (SSSR count). The zero-order chi connectivity index (χ0) is 20.4. The van der Waals surface area contributed by atoms with Crippen LogP contribution in [0.2, 0.25) is 0 Å². The molecule has 0 aromatic heterocycles. The van der Waals surface area contributed by atoms with E-state index in [0.717, 1.165) is 61.5 Å². The van der Waals surface area contributed by atoms with Crippen molar-refractivity contribution in [1.29, 1.82) is 0 Å². The molecule has 1 amide bonds. The number of aryl methyl sites for hydroxylation is 1. The Labute approximate surface area is 173 Å². The van der Waals surface area contributed by atoms with Crippen LogP contribution in [0.4, 0.5) is 0 Å². The van der Waals surface area contributed by atoms with Crippen molar-refractivity contribution < 1.29 is 14.3 Å². The molecule has 29 heavy (non-hydrogen) atoms. The fourth-order valence-electron chi connectivity index (χ4n) is 4.50. The minimum atomic E-state index is -0.157. The highest BCUT2D eigenvalue weighted by atomic mass is 16.5. The molecule has 0 saturated carbocycles. The molecule has 1 atom stereocenters. The Bertz CT molecular complexity index is 895. The number of nitrogens with one attached hydrogen (secondary N) is 1. The average molecular weight is 395 g/mol. The van der Waals surface area contributed by atoms with E-state index >= 15 is 0 Å². The lowest BCUT2D eigenvalue weighted by Gasteiger charge is -2.29. The van der Waals surface area contributed by atoms with Gasteiger partial charge in [-0.1, -0.05) is 18.2 Å². The molecule has 2 aliphatic rings. The molecule has 2 aliphatic heterocycles. The molecule has 5 heteroatoms. The minimum Gasteiger partial charge on any atom is -0.497 e. The van der Waals surface area contributed by atoms with Gasteiger partial charge in [0.1, 0.15) is 11.5 Å². The van der Waals surface area contributed by atoms with E-state index in [0.29, 0.717) is 0 Å². The first-order valence-corrected chi connectivity index (χ1v) is 10.4. The Balaban J connectivity index is 1.45. The second kappa shape index (κ2) is 8.07. The van der Waals surface area contributed by atoms with Crippen molar-refractivity contribution in [3.05, 3.63) is 59.2 Å². The highest BCUT2D eigenvalue weighted by Gasteiger charge is 2.41. The monoisotopic (exact) mass is 394 g/mol. The summed E-state index contributed by atoms with van der Waals surface area (Å²) in [7, 11) is 1.63. The van der Waals surface area contributed by atoms with E-state index in [1.54, 1.807) is 7.11 Å². The SMILES string of the molecule is COc1ccc2c(c1)C(=O)NC1(CC2)CCN(Cc2cccc(OC(C)C)c2)C1. The van der Waals surface area contributed by atoms with Crippen molar-refractivity contribution in [2.24, 2.45) is 0 Å². The van der Waals surface area contributed by atoms with Gasteiger partial charge in [-0.2, -0.15) is 0 Å². The van der Waals surface area contributed by atoms with Crippen LogP contribution in [0.5, 0.6) is 11.5 Å². The number of ether oxygens (including phenoxy) is 2. The average Bonchev–Trinajstić information content (AvgIpc) is 3.02. The van der Waals surface area contributed by atoms with Gasteiger partial charge in [0.15, 0.2) is 0 Å². The molecule has 2 aromatic carbocycles. The highest BCUT2D eigenvalue weighted by Crippen LogP contribution is 2.32. The van der Waals surface area contributed by atoms with Crippen LogP contribution in [0.3, 0.4) is 0 Å². The fourth-order valence-corrected chi connectivity index (χ4v) is 4.50. The summed E-state index contributed by atoms with van der Waals surface area (Å²) in [6.07, 6.45) is 3.02. The van der Waals surface area contributed by atoms with Crippen molar-refractivity contribution in [3.8, 4) is 11.5 Å². The molecule has 0 bridgehead atoms. The lowest BCUT2D eigenvalue weighted by Crippen LogP contribution is -2.49. The Hall–Kier alpha value is -2.53. The molecular formula is C24H30N2O3. The molecule has 1 fully saturated rings. The number of fused-ring (bicyclic) bond motifs is 1. The standard InChI is InChI=1S/C24H30N2O3/c1-17(2)29-21-6-4-5-18(13-21)15-26-12-11-24(16-26)10-9-19-7-8-20(28-3)14-22(19)23(27)25-24/h4-8,13-14,17H,9-12,15-16H2,1-3H3,(H,25,27). The zero-order valence-corrected chi connectivity index (χ0v) is 17.5. The number of hydrogen-bond acceptors (Lipinski definition) is 4. The van der Waals surface area contributed by atoms with Gasteiger partial charge < -0.3 is 14.8 Å². The van der Waals surface area contributed by atoms with Crippen LogP contribution in [0, 0.1) is 0 Å². The van der Waals surface area contributed by atoms with Gasteiger partial charge in [-0.05, 0) is 68.5 Å². The first-order chi connectivity index (χ1) is 14.0. The number of carbonyl (C=O) groups excluding carboxylic acids is 1. The van der Waals surface area contributed by atoms with Crippen molar-refractivity contribution in [1.82, 2.24) is 10.2 Å². The molecule has 1 saturated heterocycles. The van der Waals surface area contributed by atoms with Crippen molar-refractivity contribution in [2.45, 2.75) is 51.3 Å². The summed E-state index contributed by atoms with van der Waals surface area (Å²) in [5.41, 5.74) is 2.94. The predicted octanol–water partition coefficient (Wildman–Crippen LogP) is 3.80. The topological polar surface area (TPSA) is 50.8 Å². The first-order valence-electron chi connectivity index (χ1n) is 10.4. The molecule has 1 N–H and O–H groups in total. The van der Waals surface area contributed by atoms with Gasteiger partial charge in [0.2, 0.25) is 0 Å². The second-order valence-corrected chi connectivity index (χ2v) is 8.53. The van der Waals surface area contributed by atoms with E-state index < -0.39 is 0 Å². The largest absolute Gasteiger partial charge is 0.497 e. The molecule has 154 valence electrons. The third-order valence-corrected chi connectivity index (χ3v) is 5.92.